The van der Waals surface area contributed by atoms with Gasteiger partial charge in [-0.15, -0.1) is 0 Å². The van der Waals surface area contributed by atoms with E-state index in [2.05, 4.69) is 0 Å². The van der Waals surface area contributed by atoms with Gasteiger partial charge in [0.2, 0.25) is 0 Å². The highest BCUT2D eigenvalue weighted by Gasteiger charge is 2.29. The van der Waals surface area contributed by atoms with Crippen LogP contribution in [-0.4, -0.2) is 5.11 Å². The molecule has 3 heteroatoms. The largest absolute Gasteiger partial charge is 0.388 e. The smallest absolute Gasteiger partial charge is 0.164 e. The molecule has 0 fully saturated rings. The Kier molecular flexibility index (Phi) is 3.45. The second-order valence-corrected chi connectivity index (χ2v) is 4.39. The van der Waals surface area contributed by atoms with Gasteiger partial charge in [0.15, 0.2) is 11.6 Å². The molecule has 1 unspecified atom stereocenters. The quantitative estimate of drug-likeness (QED) is 0.817. The summed E-state index contributed by atoms with van der Waals surface area (Å²) in [7, 11) is 0. The first kappa shape index (κ1) is 12.1. The molecule has 1 aromatic rings. The van der Waals surface area contributed by atoms with Gasteiger partial charge in [-0.3, -0.25) is 0 Å². The molecule has 0 aliphatic heterocycles. The number of hydrogen-bond acceptors (Lipinski definition) is 1. The van der Waals surface area contributed by atoms with Gasteiger partial charge in [-0.1, -0.05) is 32.9 Å². The average molecular weight is 214 g/mol. The molecule has 0 aliphatic rings. The van der Waals surface area contributed by atoms with Gasteiger partial charge in [-0.2, -0.15) is 0 Å². The molecule has 15 heavy (non-hydrogen) atoms. The molecule has 1 nitrogen and oxygen atoms in total. The maximum atomic E-state index is 13.4. The van der Waals surface area contributed by atoms with Crippen LogP contribution in [-0.2, 0) is 0 Å². The molecular weight excluding hydrogens is 198 g/mol. The molecule has 1 N–H and O–H groups in total. The fourth-order valence-corrected chi connectivity index (χ4v) is 1.35. The van der Waals surface area contributed by atoms with E-state index in [1.54, 1.807) is 0 Å². The van der Waals surface area contributed by atoms with E-state index in [4.69, 9.17) is 0 Å². The van der Waals surface area contributed by atoms with Crippen molar-refractivity contribution in [1.29, 1.82) is 0 Å². The van der Waals surface area contributed by atoms with Crippen LogP contribution in [0.15, 0.2) is 18.2 Å². The lowest BCUT2D eigenvalue weighted by Crippen LogP contribution is -2.22. The van der Waals surface area contributed by atoms with Crippen molar-refractivity contribution in [1.82, 2.24) is 0 Å². The third-order valence-electron chi connectivity index (χ3n) is 2.93. The van der Waals surface area contributed by atoms with Gasteiger partial charge < -0.3 is 5.11 Å². The Morgan fingerprint density at radius 3 is 2.47 bits per heavy atom. The molecule has 0 radical (unpaired) electrons. The molecule has 0 saturated heterocycles. The zero-order valence-corrected chi connectivity index (χ0v) is 9.22. The first-order valence-electron chi connectivity index (χ1n) is 5.02. The van der Waals surface area contributed by atoms with E-state index in [9.17, 15) is 13.9 Å². The van der Waals surface area contributed by atoms with E-state index in [1.165, 1.54) is 12.1 Å². The second-order valence-electron chi connectivity index (χ2n) is 4.39. The highest BCUT2D eigenvalue weighted by molar-refractivity contribution is 5.22. The molecule has 0 bridgehead atoms. The Hall–Kier alpha value is -0.960. The number of aliphatic hydroxyl groups excluding tert-OH is 1. The minimum Gasteiger partial charge on any atom is -0.388 e. The fraction of sp³-hybridized carbons (Fsp3) is 0.500. The molecule has 0 spiro atoms. The first-order chi connectivity index (χ1) is 6.90. The van der Waals surface area contributed by atoms with E-state index in [-0.39, 0.29) is 5.56 Å². The van der Waals surface area contributed by atoms with Gasteiger partial charge in [0.05, 0.1) is 6.10 Å². The minimum atomic E-state index is -0.988. The second kappa shape index (κ2) is 4.27. The summed E-state index contributed by atoms with van der Waals surface area (Å²) >= 11 is 0. The summed E-state index contributed by atoms with van der Waals surface area (Å²) in [6.07, 6.45) is -0.303. The van der Waals surface area contributed by atoms with Crippen LogP contribution in [0.1, 0.15) is 38.9 Å². The molecular formula is C12H16F2O. The van der Waals surface area contributed by atoms with Gasteiger partial charge in [0.25, 0.3) is 0 Å². The predicted octanol–water partition coefficient (Wildman–Crippen LogP) is 3.43. The van der Waals surface area contributed by atoms with Crippen molar-refractivity contribution in [2.75, 3.05) is 0 Å². The Bertz CT molecular complexity index is 347. The van der Waals surface area contributed by atoms with Gasteiger partial charge in [-0.25, -0.2) is 8.78 Å². The lowest BCUT2D eigenvalue weighted by molar-refractivity contribution is 0.0430. The maximum absolute atomic E-state index is 13.4. The van der Waals surface area contributed by atoms with Crippen molar-refractivity contribution >= 4 is 0 Å². The summed E-state index contributed by atoms with van der Waals surface area (Å²) in [6, 6.07) is 3.87. The van der Waals surface area contributed by atoms with Gasteiger partial charge >= 0.3 is 0 Å². The SMILES string of the molecule is CCC(C)(C)C(O)c1cccc(F)c1F. The lowest BCUT2D eigenvalue weighted by Gasteiger charge is -2.29. The molecule has 0 amide bonds. The number of hydrogen-bond donors (Lipinski definition) is 1. The van der Waals surface area contributed by atoms with E-state index >= 15 is 0 Å². The summed E-state index contributed by atoms with van der Waals surface area (Å²) in [5.74, 6) is -1.87. The number of aliphatic hydroxyl groups is 1. The molecule has 0 aromatic heterocycles. The molecule has 1 rings (SSSR count). The predicted molar refractivity (Wildman–Crippen MR) is 55.4 cm³/mol. The summed E-state index contributed by atoms with van der Waals surface area (Å²) in [4.78, 5) is 0. The van der Waals surface area contributed by atoms with Crippen LogP contribution in [0.2, 0.25) is 0 Å². The third kappa shape index (κ3) is 2.34. The normalized spacial score (nSPS) is 14.0. The molecule has 1 atom stereocenters. The monoisotopic (exact) mass is 214 g/mol. The fourth-order valence-electron chi connectivity index (χ4n) is 1.35. The first-order valence-corrected chi connectivity index (χ1v) is 5.02. The zero-order valence-electron chi connectivity index (χ0n) is 9.22. The van der Waals surface area contributed by atoms with Crippen LogP contribution in [0, 0.1) is 17.0 Å². The highest BCUT2D eigenvalue weighted by Crippen LogP contribution is 2.37. The summed E-state index contributed by atoms with van der Waals surface area (Å²) in [5.41, 5.74) is -0.434. The summed E-state index contributed by atoms with van der Waals surface area (Å²) < 4.78 is 26.3. The standard InChI is InChI=1S/C12H16F2O/c1-4-12(2,3)11(15)8-6-5-7-9(13)10(8)14/h5-7,11,15H,4H2,1-3H3. The molecule has 0 saturated carbocycles. The van der Waals surface area contributed by atoms with Crippen molar-refractivity contribution in [3.05, 3.63) is 35.4 Å². The maximum Gasteiger partial charge on any atom is 0.164 e. The van der Waals surface area contributed by atoms with Crippen molar-refractivity contribution in [3.63, 3.8) is 0 Å². The highest BCUT2D eigenvalue weighted by atomic mass is 19.2. The number of rotatable bonds is 3. The average Bonchev–Trinajstić information content (AvgIpc) is 2.21. The Labute approximate surface area is 88.7 Å². The van der Waals surface area contributed by atoms with Crippen LogP contribution in [0.4, 0.5) is 8.78 Å². The van der Waals surface area contributed by atoms with Crippen molar-refractivity contribution in [3.8, 4) is 0 Å². The molecule has 0 heterocycles. The lowest BCUT2D eigenvalue weighted by atomic mass is 9.80. The van der Waals surface area contributed by atoms with Crippen LogP contribution in [0.5, 0.6) is 0 Å². The third-order valence-corrected chi connectivity index (χ3v) is 2.93. The Morgan fingerprint density at radius 2 is 1.93 bits per heavy atom. The Balaban J connectivity index is 3.12. The van der Waals surface area contributed by atoms with Crippen LogP contribution >= 0.6 is 0 Å². The van der Waals surface area contributed by atoms with Crippen molar-refractivity contribution < 1.29 is 13.9 Å². The van der Waals surface area contributed by atoms with E-state index < -0.39 is 23.2 Å². The van der Waals surface area contributed by atoms with Gasteiger partial charge in [-0.05, 0) is 17.9 Å². The van der Waals surface area contributed by atoms with Gasteiger partial charge in [0, 0.05) is 5.56 Å². The minimum absolute atomic E-state index is 0.0295. The molecule has 84 valence electrons. The molecule has 1 aromatic carbocycles. The van der Waals surface area contributed by atoms with Crippen LogP contribution < -0.4 is 0 Å². The van der Waals surface area contributed by atoms with Crippen molar-refractivity contribution in [2.45, 2.75) is 33.3 Å². The van der Waals surface area contributed by atoms with E-state index in [0.29, 0.717) is 6.42 Å². The Morgan fingerprint density at radius 1 is 1.33 bits per heavy atom. The number of halogens is 2. The molecule has 0 aliphatic carbocycles. The zero-order chi connectivity index (χ0) is 11.6. The topological polar surface area (TPSA) is 20.2 Å². The van der Waals surface area contributed by atoms with E-state index in [0.717, 1.165) is 6.07 Å². The summed E-state index contributed by atoms with van der Waals surface area (Å²) in [6.45, 7) is 5.55. The van der Waals surface area contributed by atoms with E-state index in [1.807, 2.05) is 20.8 Å². The summed E-state index contributed by atoms with van der Waals surface area (Å²) in [5, 5.41) is 9.95. The number of benzene rings is 1. The van der Waals surface area contributed by atoms with Crippen LogP contribution in [0.3, 0.4) is 0 Å². The van der Waals surface area contributed by atoms with Crippen molar-refractivity contribution in [2.24, 2.45) is 5.41 Å². The van der Waals surface area contributed by atoms with Gasteiger partial charge in [0.1, 0.15) is 0 Å². The van der Waals surface area contributed by atoms with Crippen LogP contribution in [0.25, 0.3) is 0 Å².